The lowest BCUT2D eigenvalue weighted by molar-refractivity contribution is -0.140. The Kier molecular flexibility index (Phi) is 5.65. The number of hydrogen-bond acceptors (Lipinski definition) is 4. The fraction of sp³-hybridized carbons (Fsp3) is 0.500. The maximum absolute atomic E-state index is 10.9. The van der Waals surface area contributed by atoms with Crippen molar-refractivity contribution in [2.75, 3.05) is 13.7 Å². The number of benzene rings is 1. The summed E-state index contributed by atoms with van der Waals surface area (Å²) in [6.07, 6.45) is 1.04. The van der Waals surface area contributed by atoms with Crippen LogP contribution in [0.15, 0.2) is 18.2 Å². The Bertz CT molecular complexity index is 402. The van der Waals surface area contributed by atoms with Gasteiger partial charge in [-0.15, -0.1) is 0 Å². The van der Waals surface area contributed by atoms with Gasteiger partial charge in [-0.05, 0) is 37.5 Å². The van der Waals surface area contributed by atoms with Crippen LogP contribution in [0.3, 0.4) is 0 Å². The Labute approximate surface area is 108 Å². The molecule has 0 aliphatic rings. The largest absolute Gasteiger partial charge is 0.493 e. The molecule has 1 atom stereocenters. The van der Waals surface area contributed by atoms with E-state index in [1.54, 1.807) is 0 Å². The number of esters is 1. The molecule has 1 rings (SSSR count). The van der Waals surface area contributed by atoms with Gasteiger partial charge in [-0.25, -0.2) is 0 Å². The highest BCUT2D eigenvalue weighted by atomic mass is 16.5. The molecule has 1 aromatic carbocycles. The Morgan fingerprint density at radius 1 is 1.44 bits per heavy atom. The molecule has 0 aromatic heterocycles. The quantitative estimate of drug-likeness (QED) is 0.622. The molecular formula is C14H21NO3. The lowest BCUT2D eigenvalue weighted by Gasteiger charge is -2.12. The first-order valence-corrected chi connectivity index (χ1v) is 6.10. The van der Waals surface area contributed by atoms with E-state index in [1.807, 2.05) is 32.0 Å². The average Bonchev–Trinajstić information content (AvgIpc) is 2.35. The van der Waals surface area contributed by atoms with Crippen molar-refractivity contribution in [1.29, 1.82) is 0 Å². The average molecular weight is 251 g/mol. The van der Waals surface area contributed by atoms with E-state index in [0.717, 1.165) is 16.9 Å². The lowest BCUT2D eigenvalue weighted by atomic mass is 10.1. The second kappa shape index (κ2) is 7.01. The molecule has 0 aliphatic carbocycles. The van der Waals surface area contributed by atoms with Gasteiger partial charge in [-0.1, -0.05) is 12.1 Å². The fourth-order valence-electron chi connectivity index (χ4n) is 1.62. The van der Waals surface area contributed by atoms with E-state index in [4.69, 9.17) is 10.5 Å². The standard InChI is InChI=1S/C14H21NO3/c1-10-9-12(11(2)15)6-7-13(10)18-8-4-5-14(16)17-3/h6-7,9,11H,4-5,8,15H2,1-3H3/t11-/m1/s1. The van der Waals surface area contributed by atoms with Gasteiger partial charge < -0.3 is 15.2 Å². The third-order valence-corrected chi connectivity index (χ3v) is 2.74. The summed E-state index contributed by atoms with van der Waals surface area (Å²) in [7, 11) is 1.39. The SMILES string of the molecule is COC(=O)CCCOc1ccc([C@@H](C)N)cc1C. The highest BCUT2D eigenvalue weighted by Gasteiger charge is 2.05. The van der Waals surface area contributed by atoms with Gasteiger partial charge >= 0.3 is 5.97 Å². The maximum atomic E-state index is 10.9. The zero-order valence-corrected chi connectivity index (χ0v) is 11.2. The van der Waals surface area contributed by atoms with E-state index < -0.39 is 0 Å². The molecule has 4 nitrogen and oxygen atoms in total. The molecule has 0 heterocycles. The van der Waals surface area contributed by atoms with Crippen molar-refractivity contribution in [3.8, 4) is 5.75 Å². The molecule has 0 saturated heterocycles. The van der Waals surface area contributed by atoms with Gasteiger partial charge in [-0.3, -0.25) is 4.79 Å². The minimum Gasteiger partial charge on any atom is -0.493 e. The lowest BCUT2D eigenvalue weighted by Crippen LogP contribution is -2.07. The van der Waals surface area contributed by atoms with Crippen LogP contribution in [0, 0.1) is 6.92 Å². The van der Waals surface area contributed by atoms with Crippen LogP contribution in [0.25, 0.3) is 0 Å². The molecule has 0 radical (unpaired) electrons. The molecule has 0 saturated carbocycles. The smallest absolute Gasteiger partial charge is 0.305 e. The molecule has 2 N–H and O–H groups in total. The zero-order valence-electron chi connectivity index (χ0n) is 11.2. The van der Waals surface area contributed by atoms with Crippen molar-refractivity contribution in [2.24, 2.45) is 5.73 Å². The molecule has 0 amide bonds. The minimum absolute atomic E-state index is 0.0251. The van der Waals surface area contributed by atoms with E-state index in [-0.39, 0.29) is 12.0 Å². The summed E-state index contributed by atoms with van der Waals surface area (Å²) in [5.74, 6) is 0.631. The Hall–Kier alpha value is -1.55. The van der Waals surface area contributed by atoms with Crippen LogP contribution < -0.4 is 10.5 Å². The second-order valence-electron chi connectivity index (χ2n) is 4.34. The highest BCUT2D eigenvalue weighted by molar-refractivity contribution is 5.69. The normalized spacial score (nSPS) is 12.0. The predicted molar refractivity (Wildman–Crippen MR) is 70.5 cm³/mol. The van der Waals surface area contributed by atoms with Crippen molar-refractivity contribution in [1.82, 2.24) is 0 Å². The number of methoxy groups -OCH3 is 1. The summed E-state index contributed by atoms with van der Waals surface area (Å²) in [4.78, 5) is 10.9. The molecular weight excluding hydrogens is 230 g/mol. The van der Waals surface area contributed by atoms with Crippen molar-refractivity contribution in [2.45, 2.75) is 32.7 Å². The van der Waals surface area contributed by atoms with Crippen LogP contribution in [-0.2, 0) is 9.53 Å². The molecule has 0 spiro atoms. The summed E-state index contributed by atoms with van der Waals surface area (Å²) in [6, 6.07) is 5.94. The molecule has 1 aromatic rings. The summed E-state index contributed by atoms with van der Waals surface area (Å²) < 4.78 is 10.2. The van der Waals surface area contributed by atoms with E-state index in [2.05, 4.69) is 4.74 Å². The van der Waals surface area contributed by atoms with Crippen LogP contribution in [0.5, 0.6) is 5.75 Å². The van der Waals surface area contributed by atoms with Crippen LogP contribution in [0.1, 0.15) is 36.9 Å². The summed E-state index contributed by atoms with van der Waals surface area (Å²) in [5.41, 5.74) is 7.96. The third-order valence-electron chi connectivity index (χ3n) is 2.74. The van der Waals surface area contributed by atoms with Gasteiger partial charge in [0.1, 0.15) is 5.75 Å². The Morgan fingerprint density at radius 3 is 2.72 bits per heavy atom. The highest BCUT2D eigenvalue weighted by Crippen LogP contribution is 2.22. The van der Waals surface area contributed by atoms with Crippen LogP contribution in [0.2, 0.25) is 0 Å². The first-order chi connectivity index (χ1) is 8.54. The predicted octanol–water partition coefficient (Wildman–Crippen LogP) is 2.35. The van der Waals surface area contributed by atoms with E-state index in [9.17, 15) is 4.79 Å². The maximum Gasteiger partial charge on any atom is 0.305 e. The second-order valence-corrected chi connectivity index (χ2v) is 4.34. The molecule has 18 heavy (non-hydrogen) atoms. The molecule has 0 unspecified atom stereocenters. The molecule has 100 valence electrons. The van der Waals surface area contributed by atoms with Gasteiger partial charge in [-0.2, -0.15) is 0 Å². The summed E-state index contributed by atoms with van der Waals surface area (Å²) in [6.45, 7) is 4.45. The topological polar surface area (TPSA) is 61.5 Å². The number of nitrogens with two attached hydrogens (primary N) is 1. The first kappa shape index (κ1) is 14.5. The van der Waals surface area contributed by atoms with Gasteiger partial charge in [0.2, 0.25) is 0 Å². The van der Waals surface area contributed by atoms with Crippen LogP contribution >= 0.6 is 0 Å². The molecule has 0 aliphatic heterocycles. The molecule has 4 heteroatoms. The zero-order chi connectivity index (χ0) is 13.5. The Balaban J connectivity index is 2.45. The first-order valence-electron chi connectivity index (χ1n) is 6.10. The number of aryl methyl sites for hydroxylation is 1. The van der Waals surface area contributed by atoms with Crippen molar-refractivity contribution in [3.05, 3.63) is 29.3 Å². The van der Waals surface area contributed by atoms with Gasteiger partial charge in [0.05, 0.1) is 13.7 Å². The van der Waals surface area contributed by atoms with Crippen LogP contribution in [-0.4, -0.2) is 19.7 Å². The van der Waals surface area contributed by atoms with Gasteiger partial charge in [0.15, 0.2) is 0 Å². The van der Waals surface area contributed by atoms with E-state index >= 15 is 0 Å². The van der Waals surface area contributed by atoms with E-state index in [0.29, 0.717) is 19.4 Å². The van der Waals surface area contributed by atoms with E-state index in [1.165, 1.54) is 7.11 Å². The summed E-state index contributed by atoms with van der Waals surface area (Å²) in [5, 5.41) is 0. The van der Waals surface area contributed by atoms with Crippen molar-refractivity contribution < 1.29 is 14.3 Å². The number of rotatable bonds is 6. The van der Waals surface area contributed by atoms with Crippen molar-refractivity contribution in [3.63, 3.8) is 0 Å². The fourth-order valence-corrected chi connectivity index (χ4v) is 1.62. The van der Waals surface area contributed by atoms with Gasteiger partial charge in [0, 0.05) is 12.5 Å². The van der Waals surface area contributed by atoms with Crippen LogP contribution in [0.4, 0.5) is 0 Å². The van der Waals surface area contributed by atoms with Gasteiger partial charge in [0.25, 0.3) is 0 Å². The molecule has 0 fully saturated rings. The molecule has 0 bridgehead atoms. The number of ether oxygens (including phenoxy) is 2. The monoisotopic (exact) mass is 251 g/mol. The minimum atomic E-state index is -0.206. The van der Waals surface area contributed by atoms with Crippen molar-refractivity contribution >= 4 is 5.97 Å². The number of carbonyl (C=O) groups is 1. The number of carbonyl (C=O) groups excluding carboxylic acids is 1. The summed E-state index contributed by atoms with van der Waals surface area (Å²) >= 11 is 0. The number of hydrogen-bond donors (Lipinski definition) is 1. The third kappa shape index (κ3) is 4.37. The Morgan fingerprint density at radius 2 is 2.17 bits per heavy atom.